The molecule has 1 amide bonds. The second-order valence-electron chi connectivity index (χ2n) is 5.79. The molecule has 24 heavy (non-hydrogen) atoms. The Balaban J connectivity index is 1.88. The summed E-state index contributed by atoms with van der Waals surface area (Å²) >= 11 is 5.91. The van der Waals surface area contributed by atoms with Gasteiger partial charge in [-0.25, -0.2) is 0 Å². The molecule has 3 nitrogen and oxygen atoms in total. The first-order chi connectivity index (χ1) is 11.5. The number of hydrogen-bond donors (Lipinski definition) is 1. The van der Waals surface area contributed by atoms with Gasteiger partial charge in [0.25, 0.3) is 5.91 Å². The number of furan rings is 1. The number of amides is 1. The summed E-state index contributed by atoms with van der Waals surface area (Å²) in [5.41, 5.74) is 4.42. The molecule has 0 atom stereocenters. The van der Waals surface area contributed by atoms with E-state index >= 15 is 0 Å². The van der Waals surface area contributed by atoms with Gasteiger partial charge in [0, 0.05) is 16.3 Å². The average Bonchev–Trinajstić information content (AvgIpc) is 2.94. The number of nitrogens with one attached hydrogen (secondary N) is 1. The Labute approximate surface area is 146 Å². The number of carbonyl (C=O) groups excluding carboxylic acids is 1. The molecule has 0 fully saturated rings. The van der Waals surface area contributed by atoms with Gasteiger partial charge in [-0.15, -0.1) is 0 Å². The van der Waals surface area contributed by atoms with Crippen molar-refractivity contribution in [2.24, 2.45) is 0 Å². The molecule has 0 spiro atoms. The lowest BCUT2D eigenvalue weighted by Crippen LogP contribution is -2.13. The second-order valence-corrected chi connectivity index (χ2v) is 6.23. The van der Waals surface area contributed by atoms with Gasteiger partial charge >= 0.3 is 0 Å². The maximum absolute atomic E-state index is 12.6. The van der Waals surface area contributed by atoms with Gasteiger partial charge in [-0.3, -0.25) is 4.79 Å². The molecule has 122 valence electrons. The predicted molar refractivity (Wildman–Crippen MR) is 97.8 cm³/mol. The third-order valence-electron chi connectivity index (χ3n) is 4.14. The lowest BCUT2D eigenvalue weighted by Gasteiger charge is -2.09. The van der Waals surface area contributed by atoms with Crippen molar-refractivity contribution in [1.29, 1.82) is 0 Å². The zero-order valence-corrected chi connectivity index (χ0v) is 14.6. The molecule has 0 saturated heterocycles. The third kappa shape index (κ3) is 3.22. The summed E-state index contributed by atoms with van der Waals surface area (Å²) in [6, 6.07) is 14.9. The normalized spacial score (nSPS) is 10.7. The highest BCUT2D eigenvalue weighted by molar-refractivity contribution is 6.30. The summed E-state index contributed by atoms with van der Waals surface area (Å²) in [6.45, 7) is 5.80. The van der Waals surface area contributed by atoms with Crippen LogP contribution in [-0.2, 0) is 0 Å². The lowest BCUT2D eigenvalue weighted by atomic mass is 10.1. The van der Waals surface area contributed by atoms with Crippen molar-refractivity contribution in [3.05, 3.63) is 76.0 Å². The molecule has 0 aliphatic rings. The van der Waals surface area contributed by atoms with Gasteiger partial charge in [0.2, 0.25) is 0 Å². The van der Waals surface area contributed by atoms with Crippen molar-refractivity contribution in [3.8, 4) is 11.3 Å². The summed E-state index contributed by atoms with van der Waals surface area (Å²) in [5.74, 6) is 1.06. The Morgan fingerprint density at radius 3 is 2.46 bits per heavy atom. The quantitative estimate of drug-likeness (QED) is 0.657. The molecule has 3 aromatic rings. The van der Waals surface area contributed by atoms with Crippen LogP contribution in [0, 0.1) is 20.8 Å². The molecule has 2 aromatic carbocycles. The third-order valence-corrected chi connectivity index (χ3v) is 4.40. The van der Waals surface area contributed by atoms with Gasteiger partial charge in [0.1, 0.15) is 11.5 Å². The van der Waals surface area contributed by atoms with Crippen LogP contribution in [-0.4, -0.2) is 5.91 Å². The summed E-state index contributed by atoms with van der Waals surface area (Å²) < 4.78 is 5.75. The van der Waals surface area contributed by atoms with E-state index in [1.807, 2.05) is 44.2 Å². The predicted octanol–water partition coefficient (Wildman–Crippen LogP) is 5.78. The standard InChI is InChI=1S/C20H18ClNO2/c1-12-5-4-6-18(13(12)2)22-20(23)17-11-19(24-14(17)3)15-7-9-16(21)10-8-15/h4-11H,1-3H3,(H,22,23). The largest absolute Gasteiger partial charge is 0.461 e. The molecule has 0 unspecified atom stereocenters. The number of aryl methyl sites for hydroxylation is 2. The minimum absolute atomic E-state index is 0.176. The maximum atomic E-state index is 12.6. The lowest BCUT2D eigenvalue weighted by molar-refractivity contribution is 0.102. The van der Waals surface area contributed by atoms with Gasteiger partial charge in [-0.2, -0.15) is 0 Å². The molecule has 4 heteroatoms. The SMILES string of the molecule is Cc1cccc(NC(=O)c2cc(-c3ccc(Cl)cc3)oc2C)c1C. The van der Waals surface area contributed by atoms with Crippen molar-refractivity contribution >= 4 is 23.2 Å². The highest BCUT2D eigenvalue weighted by Crippen LogP contribution is 2.27. The number of halogens is 1. The van der Waals surface area contributed by atoms with Crippen LogP contribution >= 0.6 is 11.6 Å². The van der Waals surface area contributed by atoms with Crippen LogP contribution in [0.1, 0.15) is 27.2 Å². The van der Waals surface area contributed by atoms with Crippen LogP contribution in [0.25, 0.3) is 11.3 Å². The van der Waals surface area contributed by atoms with Crippen LogP contribution in [0.5, 0.6) is 0 Å². The van der Waals surface area contributed by atoms with E-state index in [2.05, 4.69) is 5.32 Å². The Morgan fingerprint density at radius 1 is 1.04 bits per heavy atom. The molecule has 0 aliphatic carbocycles. The Morgan fingerprint density at radius 2 is 1.75 bits per heavy atom. The molecule has 0 saturated carbocycles. The zero-order chi connectivity index (χ0) is 17.3. The molecule has 0 aliphatic heterocycles. The van der Waals surface area contributed by atoms with Gasteiger partial charge in [-0.1, -0.05) is 23.7 Å². The van der Waals surface area contributed by atoms with Crippen molar-refractivity contribution in [3.63, 3.8) is 0 Å². The second kappa shape index (κ2) is 6.54. The average molecular weight is 340 g/mol. The molecular formula is C20H18ClNO2. The summed E-state index contributed by atoms with van der Waals surface area (Å²) in [5, 5.41) is 3.62. The van der Waals surface area contributed by atoms with E-state index in [1.165, 1.54) is 0 Å². The van der Waals surface area contributed by atoms with Crippen LogP contribution in [0.2, 0.25) is 5.02 Å². The van der Waals surface area contributed by atoms with Crippen molar-refractivity contribution < 1.29 is 9.21 Å². The van der Waals surface area contributed by atoms with Crippen molar-refractivity contribution in [1.82, 2.24) is 0 Å². The topological polar surface area (TPSA) is 42.2 Å². The molecular weight excluding hydrogens is 322 g/mol. The molecule has 0 bridgehead atoms. The van der Waals surface area contributed by atoms with Gasteiger partial charge in [-0.05, 0) is 68.3 Å². The first-order valence-corrected chi connectivity index (χ1v) is 8.07. The Hall–Kier alpha value is -2.52. The molecule has 0 radical (unpaired) electrons. The number of benzene rings is 2. The highest BCUT2D eigenvalue weighted by atomic mass is 35.5. The van der Waals surface area contributed by atoms with Crippen LogP contribution < -0.4 is 5.32 Å². The first-order valence-electron chi connectivity index (χ1n) is 7.69. The van der Waals surface area contributed by atoms with Gasteiger partial charge in [0.15, 0.2) is 0 Å². The van der Waals surface area contributed by atoms with E-state index in [4.69, 9.17) is 16.0 Å². The molecule has 1 N–H and O–H groups in total. The maximum Gasteiger partial charge on any atom is 0.259 e. The molecule has 1 heterocycles. The van der Waals surface area contributed by atoms with Crippen molar-refractivity contribution in [2.75, 3.05) is 5.32 Å². The van der Waals surface area contributed by atoms with Crippen LogP contribution in [0.15, 0.2) is 52.9 Å². The summed E-state index contributed by atoms with van der Waals surface area (Å²) in [4.78, 5) is 12.6. The monoisotopic (exact) mass is 339 g/mol. The minimum atomic E-state index is -0.176. The Bertz CT molecular complexity index is 895. The minimum Gasteiger partial charge on any atom is -0.461 e. The van der Waals surface area contributed by atoms with Gasteiger partial charge in [0.05, 0.1) is 5.56 Å². The molecule has 3 rings (SSSR count). The Kier molecular flexibility index (Phi) is 4.45. The summed E-state index contributed by atoms with van der Waals surface area (Å²) in [6.07, 6.45) is 0. The van der Waals surface area contributed by atoms with E-state index in [0.29, 0.717) is 22.1 Å². The van der Waals surface area contributed by atoms with Crippen molar-refractivity contribution in [2.45, 2.75) is 20.8 Å². The zero-order valence-electron chi connectivity index (χ0n) is 13.8. The highest BCUT2D eigenvalue weighted by Gasteiger charge is 2.17. The number of anilines is 1. The van der Waals surface area contributed by atoms with E-state index in [0.717, 1.165) is 22.4 Å². The van der Waals surface area contributed by atoms with Gasteiger partial charge < -0.3 is 9.73 Å². The van der Waals surface area contributed by atoms with Crippen LogP contribution in [0.3, 0.4) is 0 Å². The fourth-order valence-corrected chi connectivity index (χ4v) is 2.67. The number of rotatable bonds is 3. The van der Waals surface area contributed by atoms with E-state index < -0.39 is 0 Å². The molecule has 1 aromatic heterocycles. The summed E-state index contributed by atoms with van der Waals surface area (Å²) in [7, 11) is 0. The van der Waals surface area contributed by atoms with E-state index in [9.17, 15) is 4.79 Å². The number of carbonyl (C=O) groups is 1. The first kappa shape index (κ1) is 16.3. The van der Waals surface area contributed by atoms with Crippen LogP contribution in [0.4, 0.5) is 5.69 Å². The number of hydrogen-bond acceptors (Lipinski definition) is 2. The van der Waals surface area contributed by atoms with E-state index in [1.54, 1.807) is 25.1 Å². The fraction of sp³-hybridized carbons (Fsp3) is 0.150. The fourth-order valence-electron chi connectivity index (χ4n) is 2.54. The smallest absolute Gasteiger partial charge is 0.259 e. The van der Waals surface area contributed by atoms with E-state index in [-0.39, 0.29) is 5.91 Å².